The van der Waals surface area contributed by atoms with Gasteiger partial charge >= 0.3 is 12.1 Å². The normalized spacial score (nSPS) is 12.7. The molecule has 1 unspecified atom stereocenters. The van der Waals surface area contributed by atoms with Gasteiger partial charge in [0.2, 0.25) is 5.89 Å². The van der Waals surface area contributed by atoms with Crippen molar-refractivity contribution in [1.29, 1.82) is 0 Å². The second kappa shape index (κ2) is 13.2. The lowest BCUT2D eigenvalue weighted by atomic mass is 10.0. The SMILES string of the molecule is Cc1oc(-c2ccccc2)nc1CCOc1ccc(CC(N/C(=C\C(=O)c2ccccc2)C(F)(F)F)C(=O)O)c2sccc12. The summed E-state index contributed by atoms with van der Waals surface area (Å²) in [7, 11) is 0. The number of nitrogens with one attached hydrogen (secondary N) is 1. The number of hydrogen-bond donors (Lipinski definition) is 2. The lowest BCUT2D eigenvalue weighted by Gasteiger charge is -2.21. The van der Waals surface area contributed by atoms with Gasteiger partial charge in [-0.3, -0.25) is 4.79 Å². The second-order valence-electron chi connectivity index (χ2n) is 9.90. The minimum absolute atomic E-state index is 0.0501. The first-order valence-corrected chi connectivity index (χ1v) is 14.5. The van der Waals surface area contributed by atoms with Gasteiger partial charge in [0.15, 0.2) is 5.78 Å². The maximum atomic E-state index is 13.9. The first-order valence-electron chi connectivity index (χ1n) is 13.6. The van der Waals surface area contributed by atoms with E-state index in [0.717, 1.165) is 11.3 Å². The van der Waals surface area contributed by atoms with E-state index in [1.165, 1.54) is 35.6 Å². The molecule has 1 atom stereocenters. The van der Waals surface area contributed by atoms with E-state index in [1.807, 2.05) is 43.3 Å². The third-order valence-corrected chi connectivity index (χ3v) is 7.85. The first-order chi connectivity index (χ1) is 21.1. The summed E-state index contributed by atoms with van der Waals surface area (Å²) in [5, 5.41) is 14.4. The summed E-state index contributed by atoms with van der Waals surface area (Å²) < 4.78 is 54.2. The molecule has 0 saturated carbocycles. The predicted molar refractivity (Wildman–Crippen MR) is 161 cm³/mol. The summed E-state index contributed by atoms with van der Waals surface area (Å²) in [6, 6.07) is 20.5. The zero-order chi connectivity index (χ0) is 31.3. The second-order valence-corrected chi connectivity index (χ2v) is 10.8. The number of carbonyl (C=O) groups excluding carboxylic acids is 1. The molecule has 2 heterocycles. The lowest BCUT2D eigenvalue weighted by Crippen LogP contribution is -2.42. The van der Waals surface area contributed by atoms with E-state index in [-0.39, 0.29) is 12.0 Å². The zero-order valence-corrected chi connectivity index (χ0v) is 24.2. The Morgan fingerprint density at radius 2 is 1.75 bits per heavy atom. The van der Waals surface area contributed by atoms with Crippen LogP contribution in [0.15, 0.2) is 100 Å². The van der Waals surface area contributed by atoms with Crippen LogP contribution in [-0.2, 0) is 17.6 Å². The van der Waals surface area contributed by atoms with Gasteiger partial charge in [0, 0.05) is 40.1 Å². The molecule has 5 rings (SSSR count). The van der Waals surface area contributed by atoms with Crippen LogP contribution in [0.2, 0.25) is 0 Å². The molecule has 0 amide bonds. The molecule has 44 heavy (non-hydrogen) atoms. The van der Waals surface area contributed by atoms with Crippen molar-refractivity contribution in [3.05, 3.63) is 119 Å². The number of aryl methyl sites for hydroxylation is 1. The summed E-state index contributed by atoms with van der Waals surface area (Å²) in [6.07, 6.45) is -4.37. The Morgan fingerprint density at radius 3 is 2.43 bits per heavy atom. The Bertz CT molecular complexity index is 1800. The third kappa shape index (κ3) is 7.17. The quantitative estimate of drug-likeness (QED) is 0.111. The van der Waals surface area contributed by atoms with Crippen molar-refractivity contribution in [2.75, 3.05) is 6.61 Å². The standard InChI is InChI=1S/C33H27F3N2O5S/c1-20-25(38-31(43-20)22-10-6-3-7-11-22)14-16-42-28-13-12-23(30-24(28)15-17-44-30)18-26(32(40)41)37-29(33(34,35)36)19-27(39)21-8-4-2-5-9-21/h2-13,15,17,19,26,37H,14,16,18H2,1H3,(H,40,41)/b29-19-. The van der Waals surface area contributed by atoms with Crippen molar-refractivity contribution in [3.8, 4) is 17.2 Å². The number of benzene rings is 3. The molecule has 5 aromatic rings. The van der Waals surface area contributed by atoms with Gasteiger partial charge in [0.25, 0.3) is 0 Å². The number of thiophene rings is 1. The zero-order valence-electron chi connectivity index (χ0n) is 23.4. The van der Waals surface area contributed by atoms with Gasteiger partial charge in [-0.25, -0.2) is 9.78 Å². The number of ether oxygens (including phenoxy) is 1. The number of alkyl halides is 3. The van der Waals surface area contributed by atoms with Crippen LogP contribution in [-0.4, -0.2) is 40.7 Å². The molecular weight excluding hydrogens is 593 g/mol. The number of nitrogens with zero attached hydrogens (tertiary/aromatic N) is 1. The van der Waals surface area contributed by atoms with E-state index < -0.39 is 29.7 Å². The summed E-state index contributed by atoms with van der Waals surface area (Å²) in [5.41, 5.74) is 0.775. The molecule has 0 aliphatic carbocycles. The van der Waals surface area contributed by atoms with Gasteiger partial charge in [-0.05, 0) is 42.1 Å². The van der Waals surface area contributed by atoms with E-state index in [2.05, 4.69) is 10.3 Å². The van der Waals surface area contributed by atoms with Crippen LogP contribution in [0.1, 0.15) is 27.4 Å². The molecule has 226 valence electrons. The van der Waals surface area contributed by atoms with E-state index in [4.69, 9.17) is 9.15 Å². The molecular formula is C33H27F3N2O5S. The Balaban J connectivity index is 1.30. The van der Waals surface area contributed by atoms with Gasteiger partial charge in [-0.2, -0.15) is 13.2 Å². The fourth-order valence-electron chi connectivity index (χ4n) is 4.63. The summed E-state index contributed by atoms with van der Waals surface area (Å²) in [5.74, 6) is -0.617. The highest BCUT2D eigenvalue weighted by atomic mass is 32.1. The maximum Gasteiger partial charge on any atom is 0.431 e. The summed E-state index contributed by atoms with van der Waals surface area (Å²) in [6.45, 7) is 2.13. The van der Waals surface area contributed by atoms with Gasteiger partial charge in [0.1, 0.15) is 23.2 Å². The summed E-state index contributed by atoms with van der Waals surface area (Å²) in [4.78, 5) is 29.1. The van der Waals surface area contributed by atoms with E-state index in [0.29, 0.717) is 52.2 Å². The number of carbonyl (C=O) groups is 2. The topological polar surface area (TPSA) is 102 Å². The van der Waals surface area contributed by atoms with Crippen LogP contribution in [0, 0.1) is 6.92 Å². The number of oxazole rings is 1. The van der Waals surface area contributed by atoms with E-state index in [1.54, 1.807) is 23.6 Å². The average molecular weight is 621 g/mol. The van der Waals surface area contributed by atoms with Crippen LogP contribution < -0.4 is 10.1 Å². The number of carboxylic acid groups (broad SMARTS) is 1. The van der Waals surface area contributed by atoms with Crippen molar-refractivity contribution in [2.45, 2.75) is 32.0 Å². The molecule has 0 radical (unpaired) electrons. The molecule has 0 spiro atoms. The molecule has 0 aliphatic rings. The van der Waals surface area contributed by atoms with Crippen molar-refractivity contribution in [1.82, 2.24) is 10.3 Å². The molecule has 2 N–H and O–H groups in total. The van der Waals surface area contributed by atoms with Crippen LogP contribution in [0.3, 0.4) is 0 Å². The average Bonchev–Trinajstić information content (AvgIpc) is 3.65. The van der Waals surface area contributed by atoms with Crippen LogP contribution in [0.25, 0.3) is 21.5 Å². The maximum absolute atomic E-state index is 13.9. The van der Waals surface area contributed by atoms with Gasteiger partial charge in [-0.1, -0.05) is 54.6 Å². The van der Waals surface area contributed by atoms with E-state index in [9.17, 15) is 27.9 Å². The van der Waals surface area contributed by atoms with Crippen LogP contribution in [0.4, 0.5) is 13.2 Å². The largest absolute Gasteiger partial charge is 0.493 e. The van der Waals surface area contributed by atoms with Crippen molar-refractivity contribution < 1.29 is 37.0 Å². The van der Waals surface area contributed by atoms with Gasteiger partial charge < -0.3 is 19.6 Å². The van der Waals surface area contributed by atoms with E-state index >= 15 is 0 Å². The Hall–Kier alpha value is -4.90. The predicted octanol–water partition coefficient (Wildman–Crippen LogP) is 7.40. The smallest absolute Gasteiger partial charge is 0.431 e. The van der Waals surface area contributed by atoms with Crippen LogP contribution >= 0.6 is 11.3 Å². The first kappa shape index (κ1) is 30.6. The fraction of sp³-hybridized carbons (Fsp3) is 0.182. The number of carboxylic acids is 1. The Labute approximate surface area is 254 Å². The molecule has 2 aromatic heterocycles. The number of aliphatic carboxylic acids is 1. The number of allylic oxidation sites excluding steroid dienone is 2. The molecule has 0 fully saturated rings. The molecule has 7 nitrogen and oxygen atoms in total. The Morgan fingerprint density at radius 1 is 1.05 bits per heavy atom. The molecule has 11 heteroatoms. The van der Waals surface area contributed by atoms with Crippen molar-refractivity contribution in [3.63, 3.8) is 0 Å². The van der Waals surface area contributed by atoms with Gasteiger partial charge in [-0.15, -0.1) is 11.3 Å². The highest BCUT2D eigenvalue weighted by molar-refractivity contribution is 7.17. The minimum Gasteiger partial charge on any atom is -0.493 e. The monoisotopic (exact) mass is 620 g/mol. The van der Waals surface area contributed by atoms with Gasteiger partial charge in [0.05, 0.1) is 12.3 Å². The summed E-state index contributed by atoms with van der Waals surface area (Å²) >= 11 is 1.33. The number of halogens is 3. The number of rotatable bonds is 12. The molecule has 0 saturated heterocycles. The highest BCUT2D eigenvalue weighted by Crippen LogP contribution is 2.34. The van der Waals surface area contributed by atoms with Crippen LogP contribution in [0.5, 0.6) is 5.75 Å². The fourth-order valence-corrected chi connectivity index (χ4v) is 5.57. The molecule has 3 aromatic carbocycles. The number of aromatic nitrogens is 1. The lowest BCUT2D eigenvalue weighted by molar-refractivity contribution is -0.140. The Kier molecular flexibility index (Phi) is 9.15. The number of ketones is 1. The number of hydrogen-bond acceptors (Lipinski definition) is 7. The minimum atomic E-state index is -4.97. The highest BCUT2D eigenvalue weighted by Gasteiger charge is 2.37. The molecule has 0 bridgehead atoms. The number of fused-ring (bicyclic) bond motifs is 1. The molecule has 0 aliphatic heterocycles. The van der Waals surface area contributed by atoms with Crippen molar-refractivity contribution >= 4 is 33.2 Å². The van der Waals surface area contributed by atoms with Crippen molar-refractivity contribution in [2.24, 2.45) is 0 Å². The third-order valence-electron chi connectivity index (χ3n) is 6.86.